The van der Waals surface area contributed by atoms with Crippen molar-refractivity contribution in [3.63, 3.8) is 0 Å². The van der Waals surface area contributed by atoms with Gasteiger partial charge in [0, 0.05) is 5.56 Å². The summed E-state index contributed by atoms with van der Waals surface area (Å²) in [5.41, 5.74) is -3.23. The number of fused-ring (bicyclic) bond motifs is 1. The Bertz CT molecular complexity index is 1570. The van der Waals surface area contributed by atoms with Crippen molar-refractivity contribution >= 4 is 27.0 Å². The van der Waals surface area contributed by atoms with Gasteiger partial charge in [0.1, 0.15) is 4.21 Å². The van der Waals surface area contributed by atoms with Crippen LogP contribution in [0.5, 0.6) is 0 Å². The second-order valence-corrected chi connectivity index (χ2v) is 9.68. The number of rotatable bonds is 2. The van der Waals surface area contributed by atoms with E-state index in [1.165, 1.54) is 18.2 Å². The Morgan fingerprint density at radius 3 is 2.32 bits per heavy atom. The summed E-state index contributed by atoms with van der Waals surface area (Å²) in [6.45, 7) is 0. The summed E-state index contributed by atoms with van der Waals surface area (Å²) in [4.78, 5) is 4.34. The maximum atomic E-state index is 13.7. The number of halogens is 6. The van der Waals surface area contributed by atoms with Gasteiger partial charge in [-0.05, 0) is 30.3 Å². The quantitative estimate of drug-likeness (QED) is 0.313. The number of aromatic nitrogens is 3. The van der Waals surface area contributed by atoms with Gasteiger partial charge in [0.05, 0.1) is 27.9 Å². The van der Waals surface area contributed by atoms with Crippen LogP contribution in [-0.2, 0) is 22.4 Å². The molecule has 1 aromatic carbocycles. The van der Waals surface area contributed by atoms with Crippen molar-refractivity contribution in [1.29, 1.82) is 0 Å². The molecule has 3 aromatic heterocycles. The van der Waals surface area contributed by atoms with E-state index in [0.717, 1.165) is 29.7 Å². The largest absolute Gasteiger partial charge is 0.433 e. The highest BCUT2D eigenvalue weighted by molar-refractivity contribution is 7.91. The van der Waals surface area contributed by atoms with E-state index >= 15 is 0 Å². The van der Waals surface area contributed by atoms with Crippen LogP contribution in [-0.4, -0.2) is 23.0 Å². The Morgan fingerprint density at radius 1 is 0.971 bits per heavy atom. The summed E-state index contributed by atoms with van der Waals surface area (Å²) in [7, 11) is -3.94. The van der Waals surface area contributed by atoms with Crippen molar-refractivity contribution in [3.05, 3.63) is 70.4 Å². The first-order valence-electron chi connectivity index (χ1n) is 9.02. The van der Waals surface area contributed by atoms with Crippen LogP contribution in [0.1, 0.15) is 21.7 Å². The van der Waals surface area contributed by atoms with Crippen LogP contribution >= 0.6 is 11.3 Å². The molecule has 4 aromatic rings. The Morgan fingerprint density at radius 2 is 1.71 bits per heavy atom. The number of hydrogen-bond acceptors (Lipinski definition) is 5. The Kier molecular flexibility index (Phi) is 5.67. The number of thiophene rings is 1. The molecular formula is C20H10F6N4O2S2. The number of nitrogens with zero attached hydrogens (tertiary/aromatic N) is 3. The van der Waals surface area contributed by atoms with Crippen molar-refractivity contribution in [2.75, 3.05) is 0 Å². The van der Waals surface area contributed by atoms with E-state index < -0.39 is 33.6 Å². The second kappa shape index (κ2) is 8.12. The SMILES string of the molecule is NS(=O)(=O)c1ccc(C#Cc2cnn3c(C(F)(F)F)cc(-c4cccc(C(F)(F)F)c4)nc23)s1. The molecule has 2 N–H and O–H groups in total. The second-order valence-electron chi connectivity index (χ2n) is 6.81. The highest BCUT2D eigenvalue weighted by atomic mass is 32.2. The van der Waals surface area contributed by atoms with Crippen LogP contribution in [0.4, 0.5) is 26.3 Å². The van der Waals surface area contributed by atoms with Gasteiger partial charge in [-0.3, -0.25) is 0 Å². The molecule has 0 radical (unpaired) electrons. The zero-order valence-corrected chi connectivity index (χ0v) is 18.1. The highest BCUT2D eigenvalue weighted by Crippen LogP contribution is 2.35. The first-order valence-corrected chi connectivity index (χ1v) is 11.4. The van der Waals surface area contributed by atoms with Crippen molar-refractivity contribution in [2.45, 2.75) is 16.6 Å². The van der Waals surface area contributed by atoms with E-state index in [1.807, 2.05) is 0 Å². The normalized spacial score (nSPS) is 12.6. The van der Waals surface area contributed by atoms with Gasteiger partial charge < -0.3 is 0 Å². The summed E-state index contributed by atoms with van der Waals surface area (Å²) in [5, 5.41) is 8.71. The molecule has 0 saturated carbocycles. The van der Waals surface area contributed by atoms with Crippen LogP contribution in [0.2, 0.25) is 0 Å². The summed E-state index contributed by atoms with van der Waals surface area (Å²) in [6, 6.07) is 6.95. The summed E-state index contributed by atoms with van der Waals surface area (Å²) in [6.07, 6.45) is -8.57. The summed E-state index contributed by atoms with van der Waals surface area (Å²) < 4.78 is 103. The lowest BCUT2D eigenvalue weighted by molar-refractivity contribution is -0.142. The van der Waals surface area contributed by atoms with E-state index in [4.69, 9.17) is 5.14 Å². The molecule has 3 heterocycles. The molecule has 0 spiro atoms. The molecule has 0 unspecified atom stereocenters. The predicted molar refractivity (Wildman–Crippen MR) is 110 cm³/mol. The average molecular weight is 516 g/mol. The molecule has 176 valence electrons. The van der Waals surface area contributed by atoms with Crippen LogP contribution in [0.3, 0.4) is 0 Å². The number of nitrogens with two attached hydrogens (primary N) is 1. The van der Waals surface area contributed by atoms with Gasteiger partial charge in [0.2, 0.25) is 10.0 Å². The molecule has 6 nitrogen and oxygen atoms in total. The van der Waals surface area contributed by atoms with Crippen LogP contribution < -0.4 is 5.14 Å². The fourth-order valence-electron chi connectivity index (χ4n) is 2.92. The molecule has 0 bridgehead atoms. The number of primary sulfonamides is 1. The van der Waals surface area contributed by atoms with Gasteiger partial charge in [0.15, 0.2) is 11.3 Å². The topological polar surface area (TPSA) is 90.4 Å². The Hall–Kier alpha value is -3.41. The van der Waals surface area contributed by atoms with Gasteiger partial charge in [0.25, 0.3) is 0 Å². The first kappa shape index (κ1) is 23.7. The van der Waals surface area contributed by atoms with Gasteiger partial charge in [-0.15, -0.1) is 11.3 Å². The van der Waals surface area contributed by atoms with Crippen molar-refractivity contribution < 1.29 is 34.8 Å². The molecule has 0 aliphatic heterocycles. The van der Waals surface area contributed by atoms with Gasteiger partial charge in [-0.1, -0.05) is 24.0 Å². The molecule has 34 heavy (non-hydrogen) atoms. The Labute approximate surface area is 191 Å². The van der Waals surface area contributed by atoms with E-state index in [-0.39, 0.29) is 31.6 Å². The van der Waals surface area contributed by atoms with Crippen LogP contribution in [0.15, 0.2) is 52.9 Å². The molecule has 0 aliphatic carbocycles. The van der Waals surface area contributed by atoms with Gasteiger partial charge >= 0.3 is 12.4 Å². The molecular weight excluding hydrogens is 506 g/mol. The van der Waals surface area contributed by atoms with Crippen molar-refractivity contribution in [2.24, 2.45) is 5.14 Å². The standard InChI is InChI=1S/C20H10F6N4O2S2/c21-19(22,23)13-3-1-2-11(8-13)15-9-16(20(24,25)26)30-18(29-15)12(10-28-30)4-5-14-6-7-17(33-14)34(27,31)32/h1-3,6-10H,(H2,27,31,32). The molecule has 14 heteroatoms. The molecule has 0 amide bonds. The molecule has 4 rings (SSSR count). The summed E-state index contributed by atoms with van der Waals surface area (Å²) in [5.74, 6) is 5.18. The van der Waals surface area contributed by atoms with E-state index in [0.29, 0.717) is 16.6 Å². The molecule has 0 atom stereocenters. The lowest BCUT2D eigenvalue weighted by atomic mass is 10.1. The molecule has 0 aliphatic rings. The average Bonchev–Trinajstić information content (AvgIpc) is 3.37. The zero-order valence-electron chi connectivity index (χ0n) is 16.4. The molecule has 0 saturated heterocycles. The van der Waals surface area contributed by atoms with Crippen LogP contribution in [0.25, 0.3) is 16.9 Å². The van der Waals surface area contributed by atoms with Crippen molar-refractivity contribution in [3.8, 4) is 23.1 Å². The minimum Gasteiger partial charge on any atom is -0.227 e. The Balaban J connectivity index is 1.87. The van der Waals surface area contributed by atoms with Crippen molar-refractivity contribution in [1.82, 2.24) is 14.6 Å². The minimum atomic E-state index is -4.90. The third kappa shape index (κ3) is 4.76. The monoisotopic (exact) mass is 516 g/mol. The first-order chi connectivity index (χ1) is 15.7. The number of hydrogen-bond donors (Lipinski definition) is 1. The maximum Gasteiger partial charge on any atom is 0.433 e. The van der Waals surface area contributed by atoms with Gasteiger partial charge in [-0.25, -0.2) is 23.1 Å². The number of alkyl halides is 6. The maximum absolute atomic E-state index is 13.7. The van der Waals surface area contributed by atoms with E-state index in [2.05, 4.69) is 21.9 Å². The van der Waals surface area contributed by atoms with Crippen LogP contribution in [0, 0.1) is 11.8 Å². The zero-order chi connectivity index (χ0) is 24.9. The third-order valence-electron chi connectivity index (χ3n) is 4.43. The predicted octanol–water partition coefficient (Wildman–Crippen LogP) is 4.54. The van der Waals surface area contributed by atoms with Gasteiger partial charge in [-0.2, -0.15) is 31.4 Å². The fourth-order valence-corrected chi connectivity index (χ4v) is 4.51. The highest BCUT2D eigenvalue weighted by Gasteiger charge is 2.36. The minimum absolute atomic E-state index is 0.0510. The number of benzene rings is 1. The summed E-state index contributed by atoms with van der Waals surface area (Å²) >= 11 is 0.758. The van der Waals surface area contributed by atoms with E-state index in [9.17, 15) is 34.8 Å². The third-order valence-corrected chi connectivity index (χ3v) is 6.87. The smallest absolute Gasteiger partial charge is 0.227 e. The lowest BCUT2D eigenvalue weighted by Gasteiger charge is -2.12. The fraction of sp³-hybridized carbons (Fsp3) is 0.100. The van der Waals surface area contributed by atoms with E-state index in [1.54, 1.807) is 0 Å². The molecule has 0 fully saturated rings. The lowest BCUT2D eigenvalue weighted by Crippen LogP contribution is -2.14. The number of sulfonamides is 1.